The molecule has 1 atom stereocenters. The van der Waals surface area contributed by atoms with Crippen LogP contribution in [-0.2, 0) is 19.1 Å². The average Bonchev–Trinajstić information content (AvgIpc) is 2.79. The molecule has 0 radical (unpaired) electrons. The minimum absolute atomic E-state index is 0.0721. The highest BCUT2D eigenvalue weighted by atomic mass is 32.2. The topological polar surface area (TPSA) is 84.5 Å². The van der Waals surface area contributed by atoms with Crippen molar-refractivity contribution in [3.05, 3.63) is 90.5 Å². The maximum Gasteiger partial charge on any atom is 0.308 e. The van der Waals surface area contributed by atoms with E-state index < -0.39 is 24.5 Å². The zero-order valence-corrected chi connectivity index (χ0v) is 18.4. The summed E-state index contributed by atoms with van der Waals surface area (Å²) >= 11 is 1.53. The molecule has 6 nitrogen and oxygen atoms in total. The first kappa shape index (κ1) is 23.1. The molecule has 3 rings (SSSR count). The van der Waals surface area contributed by atoms with Gasteiger partial charge in [-0.15, -0.1) is 0 Å². The molecule has 0 aromatic heterocycles. The summed E-state index contributed by atoms with van der Waals surface area (Å²) in [5, 5.41) is 5.54. The predicted octanol–water partition coefficient (Wildman–Crippen LogP) is 4.59. The molecule has 164 valence electrons. The van der Waals surface area contributed by atoms with E-state index in [0.717, 1.165) is 15.4 Å². The standard InChI is InChI=1S/C25H24N2O4S/c1-18(28)26-22(19-10-4-2-5-11-19)16-25(30)31-17-24(29)27-21-14-8-9-15-23(21)32-20-12-6-3-7-13-20/h2-15,22H,16-17H2,1H3,(H,26,28)(H,27,29)/t22-/m0/s1. The minimum atomic E-state index is -0.574. The molecule has 32 heavy (non-hydrogen) atoms. The van der Waals surface area contributed by atoms with Crippen LogP contribution in [0.4, 0.5) is 5.69 Å². The van der Waals surface area contributed by atoms with Crippen LogP contribution >= 0.6 is 11.8 Å². The summed E-state index contributed by atoms with van der Waals surface area (Å²) in [4.78, 5) is 38.1. The second-order valence-electron chi connectivity index (χ2n) is 6.99. The zero-order valence-electron chi connectivity index (χ0n) is 17.6. The summed E-state index contributed by atoms with van der Waals surface area (Å²) < 4.78 is 5.16. The van der Waals surface area contributed by atoms with Gasteiger partial charge < -0.3 is 15.4 Å². The van der Waals surface area contributed by atoms with Crippen molar-refractivity contribution in [2.45, 2.75) is 29.2 Å². The van der Waals surface area contributed by atoms with Gasteiger partial charge in [-0.3, -0.25) is 14.4 Å². The third kappa shape index (κ3) is 7.28. The van der Waals surface area contributed by atoms with Crippen LogP contribution < -0.4 is 10.6 Å². The van der Waals surface area contributed by atoms with Gasteiger partial charge in [-0.1, -0.05) is 72.4 Å². The van der Waals surface area contributed by atoms with E-state index in [1.165, 1.54) is 18.7 Å². The predicted molar refractivity (Wildman–Crippen MR) is 124 cm³/mol. The largest absolute Gasteiger partial charge is 0.455 e. The number of nitrogens with one attached hydrogen (secondary N) is 2. The second-order valence-corrected chi connectivity index (χ2v) is 8.10. The zero-order chi connectivity index (χ0) is 22.8. The average molecular weight is 449 g/mol. The van der Waals surface area contributed by atoms with Crippen LogP contribution in [0, 0.1) is 0 Å². The van der Waals surface area contributed by atoms with E-state index in [1.54, 1.807) is 6.07 Å². The van der Waals surface area contributed by atoms with Gasteiger partial charge in [0, 0.05) is 16.7 Å². The van der Waals surface area contributed by atoms with Gasteiger partial charge in [0.15, 0.2) is 6.61 Å². The number of esters is 1. The maximum absolute atomic E-state index is 12.4. The first-order valence-electron chi connectivity index (χ1n) is 10.1. The minimum Gasteiger partial charge on any atom is -0.455 e. The number of hydrogen-bond acceptors (Lipinski definition) is 5. The Bertz CT molecular complexity index is 1060. The molecule has 0 bridgehead atoms. The van der Waals surface area contributed by atoms with E-state index in [0.29, 0.717) is 5.69 Å². The number of hydrogen-bond donors (Lipinski definition) is 2. The van der Waals surface area contributed by atoms with Crippen molar-refractivity contribution >= 4 is 35.2 Å². The fraction of sp³-hybridized carbons (Fsp3) is 0.160. The van der Waals surface area contributed by atoms with E-state index in [9.17, 15) is 14.4 Å². The summed E-state index contributed by atoms with van der Waals surface area (Å²) in [6.07, 6.45) is -0.0721. The molecule has 0 unspecified atom stereocenters. The number of carbonyl (C=O) groups is 3. The lowest BCUT2D eigenvalue weighted by Crippen LogP contribution is -2.29. The van der Waals surface area contributed by atoms with Gasteiger partial charge in [0.1, 0.15) is 0 Å². The molecular weight excluding hydrogens is 424 g/mol. The number of anilines is 1. The normalized spacial score (nSPS) is 11.3. The molecule has 0 saturated carbocycles. The monoisotopic (exact) mass is 448 g/mol. The van der Waals surface area contributed by atoms with Crippen molar-refractivity contribution in [2.24, 2.45) is 0 Å². The van der Waals surface area contributed by atoms with E-state index in [4.69, 9.17) is 4.74 Å². The molecule has 0 aliphatic carbocycles. The number of benzene rings is 3. The molecule has 2 N–H and O–H groups in total. The van der Waals surface area contributed by atoms with E-state index >= 15 is 0 Å². The Morgan fingerprint density at radius 2 is 1.50 bits per heavy atom. The summed E-state index contributed by atoms with van der Waals surface area (Å²) in [6, 6.07) is 25.9. The quantitative estimate of drug-likeness (QED) is 0.468. The molecule has 0 aliphatic rings. The molecule has 7 heteroatoms. The molecule has 0 fully saturated rings. The Hall–Kier alpha value is -3.58. The van der Waals surface area contributed by atoms with Crippen molar-refractivity contribution < 1.29 is 19.1 Å². The molecule has 3 aromatic rings. The van der Waals surface area contributed by atoms with Crippen LogP contribution in [0.1, 0.15) is 24.9 Å². The molecular formula is C25H24N2O4S. The maximum atomic E-state index is 12.4. The van der Waals surface area contributed by atoms with Crippen molar-refractivity contribution in [3.8, 4) is 0 Å². The van der Waals surface area contributed by atoms with Gasteiger partial charge in [0.25, 0.3) is 5.91 Å². The summed E-state index contributed by atoms with van der Waals surface area (Å²) in [7, 11) is 0. The van der Waals surface area contributed by atoms with Crippen LogP contribution in [-0.4, -0.2) is 24.4 Å². The molecule has 3 aromatic carbocycles. The molecule has 0 spiro atoms. The number of amides is 2. The number of rotatable bonds is 9. The lowest BCUT2D eigenvalue weighted by atomic mass is 10.0. The highest BCUT2D eigenvalue weighted by molar-refractivity contribution is 7.99. The van der Waals surface area contributed by atoms with Crippen LogP contribution in [0.5, 0.6) is 0 Å². The fourth-order valence-corrected chi connectivity index (χ4v) is 3.94. The highest BCUT2D eigenvalue weighted by Gasteiger charge is 2.19. The lowest BCUT2D eigenvalue weighted by Gasteiger charge is -2.17. The smallest absolute Gasteiger partial charge is 0.308 e. The molecule has 0 aliphatic heterocycles. The van der Waals surface area contributed by atoms with Crippen LogP contribution in [0.25, 0.3) is 0 Å². The Balaban J connectivity index is 1.55. The molecule has 2 amide bonds. The lowest BCUT2D eigenvalue weighted by molar-refractivity contribution is -0.148. The Morgan fingerprint density at radius 1 is 0.875 bits per heavy atom. The number of carbonyl (C=O) groups excluding carboxylic acids is 3. The SMILES string of the molecule is CC(=O)N[C@@H](CC(=O)OCC(=O)Nc1ccccc1Sc1ccccc1)c1ccccc1. The van der Waals surface area contributed by atoms with Crippen molar-refractivity contribution in [3.63, 3.8) is 0 Å². The van der Waals surface area contributed by atoms with Crippen molar-refractivity contribution in [1.29, 1.82) is 0 Å². The van der Waals surface area contributed by atoms with Crippen LogP contribution in [0.2, 0.25) is 0 Å². The summed E-state index contributed by atoms with van der Waals surface area (Å²) in [5.41, 5.74) is 1.43. The highest BCUT2D eigenvalue weighted by Crippen LogP contribution is 2.33. The summed E-state index contributed by atoms with van der Waals surface area (Å²) in [6.45, 7) is 0.977. The third-order valence-corrected chi connectivity index (χ3v) is 5.53. The first-order valence-corrected chi connectivity index (χ1v) is 10.9. The van der Waals surface area contributed by atoms with Crippen LogP contribution in [0.3, 0.4) is 0 Å². The van der Waals surface area contributed by atoms with E-state index in [-0.39, 0.29) is 12.3 Å². The Labute approximate surface area is 191 Å². The van der Waals surface area contributed by atoms with Gasteiger partial charge in [0.2, 0.25) is 5.91 Å². The van der Waals surface area contributed by atoms with Gasteiger partial charge in [-0.05, 0) is 29.8 Å². The molecule has 0 heterocycles. The molecule has 0 saturated heterocycles. The second kappa shape index (κ2) is 11.7. The first-order chi connectivity index (χ1) is 15.5. The van der Waals surface area contributed by atoms with Gasteiger partial charge in [-0.2, -0.15) is 0 Å². The van der Waals surface area contributed by atoms with Gasteiger partial charge in [0.05, 0.1) is 18.2 Å². The van der Waals surface area contributed by atoms with Crippen LogP contribution in [0.15, 0.2) is 94.7 Å². The Kier molecular flexibility index (Phi) is 8.45. The number of para-hydroxylation sites is 1. The van der Waals surface area contributed by atoms with Gasteiger partial charge >= 0.3 is 5.97 Å². The van der Waals surface area contributed by atoms with Crippen molar-refractivity contribution in [2.75, 3.05) is 11.9 Å². The van der Waals surface area contributed by atoms with Crippen molar-refractivity contribution in [1.82, 2.24) is 5.32 Å². The third-order valence-electron chi connectivity index (χ3n) is 4.45. The number of ether oxygens (including phenoxy) is 1. The van der Waals surface area contributed by atoms with Gasteiger partial charge in [-0.25, -0.2) is 0 Å². The fourth-order valence-electron chi connectivity index (χ4n) is 3.02. The summed E-state index contributed by atoms with van der Waals surface area (Å²) in [5.74, 6) is -1.26. The van der Waals surface area contributed by atoms with E-state index in [2.05, 4.69) is 10.6 Å². The Morgan fingerprint density at radius 3 is 2.19 bits per heavy atom. The van der Waals surface area contributed by atoms with E-state index in [1.807, 2.05) is 78.9 Å².